The molecule has 44 heavy (non-hydrogen) atoms. The fourth-order valence-electron chi connectivity index (χ4n) is 5.74. The van der Waals surface area contributed by atoms with Crippen LogP contribution in [0.25, 0.3) is 0 Å². The van der Waals surface area contributed by atoms with Gasteiger partial charge in [-0.15, -0.1) is 11.8 Å². The molecular formula is C33H46N2O7S2. The lowest BCUT2D eigenvalue weighted by Gasteiger charge is -2.37. The van der Waals surface area contributed by atoms with Crippen molar-refractivity contribution in [3.05, 3.63) is 36.4 Å². The number of nitrogens with zero attached hydrogens (tertiary/aromatic N) is 2. The Morgan fingerprint density at radius 2 is 1.84 bits per heavy atom. The highest BCUT2D eigenvalue weighted by molar-refractivity contribution is 8.02. The minimum Gasteiger partial charge on any atom is -0.497 e. The van der Waals surface area contributed by atoms with Gasteiger partial charge in [0.15, 0.2) is 0 Å². The number of carboxylic acid groups (broad SMARTS) is 2. The average molecular weight is 647 g/mol. The molecule has 2 aromatic rings. The number of carbonyl (C=O) groups excluding carboxylic acids is 1. The molecule has 11 heteroatoms. The van der Waals surface area contributed by atoms with Crippen LogP contribution in [0.1, 0.15) is 71.6 Å². The topological polar surface area (TPSA) is 117 Å². The molecule has 3 aliphatic heterocycles. The van der Waals surface area contributed by atoms with E-state index in [4.69, 9.17) is 29.3 Å². The van der Waals surface area contributed by atoms with Crippen molar-refractivity contribution >= 4 is 52.8 Å². The number of methoxy groups -OCH3 is 1. The fourth-order valence-corrected chi connectivity index (χ4v) is 7.70. The Morgan fingerprint density at radius 1 is 1.07 bits per heavy atom. The highest BCUT2D eigenvalue weighted by Gasteiger charge is 2.27. The van der Waals surface area contributed by atoms with E-state index in [1.165, 1.54) is 71.3 Å². The van der Waals surface area contributed by atoms with Crippen LogP contribution in [0.2, 0.25) is 0 Å². The molecule has 0 amide bonds. The van der Waals surface area contributed by atoms with Crippen LogP contribution in [0.3, 0.4) is 0 Å². The molecule has 0 saturated carbocycles. The van der Waals surface area contributed by atoms with E-state index in [-0.39, 0.29) is 12.1 Å². The Hall–Kier alpha value is -2.89. The van der Waals surface area contributed by atoms with Crippen molar-refractivity contribution in [3.8, 4) is 5.75 Å². The highest BCUT2D eigenvalue weighted by atomic mass is 32.2. The molecule has 0 aromatic heterocycles. The average Bonchev–Trinajstić information content (AvgIpc) is 3.45. The van der Waals surface area contributed by atoms with Crippen molar-refractivity contribution in [2.24, 2.45) is 0 Å². The molecule has 242 valence electrons. The number of fused-ring (bicyclic) bond motifs is 2. The normalized spacial score (nSPS) is 18.9. The van der Waals surface area contributed by atoms with Gasteiger partial charge in [-0.3, -0.25) is 4.79 Å². The molecule has 2 atom stereocenters. The zero-order valence-corrected chi connectivity index (χ0v) is 27.9. The standard InChI is InChI=1S/C24H32N2OS2.C7H12O2.C2H2O4/c1-4-18-9-5-6-14-25(18)15-8-16-26-20-10-7-11-23(28-3)24(20)29-22-13-12-19(27-2)17-21(22)26;1-2-3-6-4-5-7(8)9-6;3-1(4)2(5)6/h7,10-13,17-18H,4-6,8-9,14-16H2,1-3H3;6H,2-5H2,1H3;(H,3,4)(H,5,6). The largest absolute Gasteiger partial charge is 0.497 e. The summed E-state index contributed by atoms with van der Waals surface area (Å²) in [6.07, 6.45) is 12.7. The first-order valence-corrected chi connectivity index (χ1v) is 17.5. The van der Waals surface area contributed by atoms with Gasteiger partial charge >= 0.3 is 17.9 Å². The molecule has 0 bridgehead atoms. The number of cyclic esters (lactones) is 1. The van der Waals surface area contributed by atoms with Crippen LogP contribution in [-0.4, -0.2) is 78.2 Å². The summed E-state index contributed by atoms with van der Waals surface area (Å²) < 4.78 is 10.5. The summed E-state index contributed by atoms with van der Waals surface area (Å²) >= 11 is 3.73. The first-order chi connectivity index (χ1) is 21.2. The van der Waals surface area contributed by atoms with Crippen LogP contribution >= 0.6 is 23.5 Å². The Balaban J connectivity index is 0.000000290. The molecule has 3 aliphatic rings. The van der Waals surface area contributed by atoms with Gasteiger partial charge in [0.2, 0.25) is 0 Å². The fraction of sp³-hybridized carbons (Fsp3) is 0.545. The Bertz CT molecular complexity index is 1240. The van der Waals surface area contributed by atoms with Gasteiger partial charge in [0.1, 0.15) is 11.9 Å². The van der Waals surface area contributed by atoms with E-state index in [0.717, 1.165) is 37.6 Å². The van der Waals surface area contributed by atoms with E-state index >= 15 is 0 Å². The second-order valence-corrected chi connectivity index (χ2v) is 12.8. The van der Waals surface area contributed by atoms with E-state index in [1.54, 1.807) is 7.11 Å². The number of likely N-dealkylation sites (tertiary alicyclic amines) is 1. The molecule has 3 heterocycles. The molecule has 5 rings (SSSR count). The van der Waals surface area contributed by atoms with Crippen molar-refractivity contribution in [1.82, 2.24) is 4.90 Å². The molecule has 2 unspecified atom stereocenters. The third-order valence-electron chi connectivity index (χ3n) is 7.95. The summed E-state index contributed by atoms with van der Waals surface area (Å²) in [7, 11) is 1.75. The number of rotatable bonds is 9. The van der Waals surface area contributed by atoms with Crippen LogP contribution in [-0.2, 0) is 19.1 Å². The molecule has 0 aliphatic carbocycles. The number of carbonyl (C=O) groups is 3. The van der Waals surface area contributed by atoms with E-state index in [9.17, 15) is 4.79 Å². The number of aliphatic carboxylic acids is 2. The summed E-state index contributed by atoms with van der Waals surface area (Å²) in [5, 5.41) is 14.8. The second kappa shape index (κ2) is 18.2. The van der Waals surface area contributed by atoms with Crippen LogP contribution in [0.4, 0.5) is 11.4 Å². The van der Waals surface area contributed by atoms with Crippen molar-refractivity contribution in [2.45, 2.75) is 98.5 Å². The number of ether oxygens (including phenoxy) is 2. The first kappa shape index (κ1) is 35.6. The van der Waals surface area contributed by atoms with Gasteiger partial charge < -0.3 is 29.5 Å². The van der Waals surface area contributed by atoms with Gasteiger partial charge in [0.25, 0.3) is 0 Å². The maximum atomic E-state index is 10.5. The maximum Gasteiger partial charge on any atom is 0.414 e. The highest BCUT2D eigenvalue weighted by Crippen LogP contribution is 2.52. The Morgan fingerprint density at radius 3 is 2.45 bits per heavy atom. The summed E-state index contributed by atoms with van der Waals surface area (Å²) in [5.41, 5.74) is 2.62. The number of carboxylic acids is 2. The number of piperidine rings is 1. The number of hydrogen-bond acceptors (Lipinski definition) is 9. The number of hydrogen-bond donors (Lipinski definition) is 2. The van der Waals surface area contributed by atoms with Gasteiger partial charge in [0, 0.05) is 46.3 Å². The minimum absolute atomic E-state index is 0.0200. The van der Waals surface area contributed by atoms with Crippen molar-refractivity contribution < 1.29 is 34.1 Å². The van der Waals surface area contributed by atoms with Gasteiger partial charge in [-0.25, -0.2) is 9.59 Å². The predicted octanol–water partition coefficient (Wildman–Crippen LogP) is 7.32. The summed E-state index contributed by atoms with van der Waals surface area (Å²) in [6.45, 7) is 7.95. The monoisotopic (exact) mass is 646 g/mol. The maximum absolute atomic E-state index is 10.5. The lowest BCUT2D eigenvalue weighted by Crippen LogP contribution is -2.40. The summed E-state index contributed by atoms with van der Waals surface area (Å²) in [4.78, 5) is 38.0. The lowest BCUT2D eigenvalue weighted by molar-refractivity contribution is -0.159. The summed E-state index contributed by atoms with van der Waals surface area (Å²) in [5.74, 6) is -2.74. The Kier molecular flexibility index (Phi) is 14.7. The van der Waals surface area contributed by atoms with Crippen LogP contribution < -0.4 is 9.64 Å². The van der Waals surface area contributed by atoms with Crippen molar-refractivity contribution in [3.63, 3.8) is 0 Å². The molecule has 2 aromatic carbocycles. The molecule has 2 N–H and O–H groups in total. The third kappa shape index (κ3) is 10.1. The molecule has 0 spiro atoms. The molecule has 0 radical (unpaired) electrons. The zero-order valence-electron chi connectivity index (χ0n) is 26.3. The predicted molar refractivity (Wildman–Crippen MR) is 176 cm³/mol. The van der Waals surface area contributed by atoms with E-state index in [2.05, 4.69) is 66.3 Å². The number of anilines is 2. The molecular weight excluding hydrogens is 601 g/mol. The van der Waals surface area contributed by atoms with Crippen LogP contribution in [0.5, 0.6) is 5.75 Å². The smallest absolute Gasteiger partial charge is 0.414 e. The molecule has 2 fully saturated rings. The third-order valence-corrected chi connectivity index (χ3v) is 10.1. The summed E-state index contributed by atoms with van der Waals surface area (Å²) in [6, 6.07) is 14.0. The molecule has 9 nitrogen and oxygen atoms in total. The second-order valence-electron chi connectivity index (χ2n) is 10.9. The van der Waals surface area contributed by atoms with Gasteiger partial charge in [-0.05, 0) is 75.6 Å². The SMILES string of the molecule is CCC1CCCCN1CCCN1c2cc(OC)ccc2Sc2c(SC)cccc21.CCCC1CCC(=O)O1.O=C(O)C(=O)O. The van der Waals surface area contributed by atoms with Crippen molar-refractivity contribution in [2.75, 3.05) is 37.9 Å². The van der Waals surface area contributed by atoms with Crippen molar-refractivity contribution in [1.29, 1.82) is 0 Å². The minimum atomic E-state index is -1.82. The number of benzene rings is 2. The van der Waals surface area contributed by atoms with Crippen LogP contribution in [0, 0.1) is 0 Å². The van der Waals surface area contributed by atoms with E-state index < -0.39 is 11.9 Å². The Labute approximate surface area is 269 Å². The number of esters is 1. The van der Waals surface area contributed by atoms with E-state index in [1.807, 2.05) is 23.5 Å². The first-order valence-electron chi connectivity index (χ1n) is 15.4. The quantitative estimate of drug-likeness (QED) is 0.162. The van der Waals surface area contributed by atoms with Gasteiger partial charge in [-0.1, -0.05) is 44.5 Å². The van der Waals surface area contributed by atoms with Crippen LogP contribution in [0.15, 0.2) is 51.1 Å². The van der Waals surface area contributed by atoms with E-state index in [0.29, 0.717) is 6.42 Å². The van der Waals surface area contributed by atoms with Gasteiger partial charge in [-0.2, -0.15) is 0 Å². The van der Waals surface area contributed by atoms with Gasteiger partial charge in [0.05, 0.1) is 18.5 Å². The number of thioether (sulfide) groups is 1. The zero-order chi connectivity index (χ0) is 32.1. The lowest BCUT2D eigenvalue weighted by atomic mass is 10.00. The molecule has 2 saturated heterocycles.